The monoisotopic (exact) mass is 322 g/mol. The zero-order valence-corrected chi connectivity index (χ0v) is 9.84. The van der Waals surface area contributed by atoms with Crippen LogP contribution in [0, 0.1) is 8.70 Å². The van der Waals surface area contributed by atoms with Gasteiger partial charge >= 0.3 is 7.12 Å². The number of benzene rings is 1. The van der Waals surface area contributed by atoms with E-state index in [1.807, 2.05) is 6.07 Å². The van der Waals surface area contributed by atoms with Gasteiger partial charge in [0.1, 0.15) is 5.82 Å². The topological polar surface area (TPSA) is 40.5 Å². The van der Waals surface area contributed by atoms with Crippen LogP contribution in [0.3, 0.4) is 0 Å². The Morgan fingerprint density at radius 3 is 2.64 bits per heavy atom. The average molecular weight is 322 g/mol. The number of thiophene rings is 1. The number of rotatable bonds is 1. The van der Waals surface area contributed by atoms with Crippen LogP contribution in [0.2, 0.25) is 0 Å². The minimum Gasteiger partial charge on any atom is -0.423 e. The second-order valence-corrected chi connectivity index (χ2v) is 5.81. The van der Waals surface area contributed by atoms with Crippen molar-refractivity contribution in [1.82, 2.24) is 0 Å². The summed E-state index contributed by atoms with van der Waals surface area (Å²) in [5.41, 5.74) is -0.0771. The van der Waals surface area contributed by atoms with Gasteiger partial charge in [0.05, 0.1) is 2.88 Å². The Balaban J connectivity index is 2.70. The highest BCUT2D eigenvalue weighted by Crippen LogP contribution is 2.26. The summed E-state index contributed by atoms with van der Waals surface area (Å²) in [6.45, 7) is 0. The predicted octanol–water partition coefficient (Wildman–Crippen LogP) is 1.32. The van der Waals surface area contributed by atoms with Gasteiger partial charge in [0.25, 0.3) is 0 Å². The van der Waals surface area contributed by atoms with E-state index >= 15 is 0 Å². The Kier molecular flexibility index (Phi) is 2.78. The minimum atomic E-state index is -1.75. The number of fused-ring (bicyclic) bond motifs is 1. The van der Waals surface area contributed by atoms with Crippen molar-refractivity contribution in [3.8, 4) is 0 Å². The lowest BCUT2D eigenvalue weighted by molar-refractivity contribution is 0.423. The van der Waals surface area contributed by atoms with Crippen LogP contribution in [-0.2, 0) is 0 Å². The van der Waals surface area contributed by atoms with Gasteiger partial charge in [-0.1, -0.05) is 6.07 Å². The number of hydrogen-bond donors (Lipinski definition) is 2. The fraction of sp³-hybridized carbons (Fsp3) is 0. The van der Waals surface area contributed by atoms with E-state index in [1.54, 1.807) is 0 Å². The summed E-state index contributed by atoms with van der Waals surface area (Å²) < 4.78 is 15.1. The maximum Gasteiger partial charge on any atom is 0.491 e. The molecule has 2 nitrogen and oxygen atoms in total. The third-order valence-electron chi connectivity index (χ3n) is 1.88. The molecule has 1 heterocycles. The molecule has 2 aromatic rings. The molecule has 2 rings (SSSR count). The molecule has 1 aromatic carbocycles. The van der Waals surface area contributed by atoms with Crippen LogP contribution in [0.4, 0.5) is 4.39 Å². The molecule has 0 unspecified atom stereocenters. The Bertz CT molecular complexity index is 485. The van der Waals surface area contributed by atoms with Gasteiger partial charge in [-0.15, -0.1) is 11.3 Å². The molecule has 2 N–H and O–H groups in total. The molecule has 0 amide bonds. The highest BCUT2D eigenvalue weighted by Gasteiger charge is 2.17. The van der Waals surface area contributed by atoms with Gasteiger partial charge in [-0.25, -0.2) is 4.39 Å². The highest BCUT2D eigenvalue weighted by atomic mass is 127. The molecule has 0 atom stereocenters. The van der Waals surface area contributed by atoms with Gasteiger partial charge in [0.15, 0.2) is 0 Å². The SMILES string of the molecule is OB(O)c1cc2cc(I)sc2cc1F. The predicted molar refractivity (Wildman–Crippen MR) is 64.3 cm³/mol. The van der Waals surface area contributed by atoms with Crippen molar-refractivity contribution in [2.24, 2.45) is 0 Å². The first-order chi connectivity index (χ1) is 6.58. The van der Waals surface area contributed by atoms with Crippen molar-refractivity contribution < 1.29 is 14.4 Å². The minimum absolute atomic E-state index is 0.0771. The van der Waals surface area contributed by atoms with Gasteiger partial charge in [0, 0.05) is 10.2 Å². The van der Waals surface area contributed by atoms with Crippen molar-refractivity contribution >= 4 is 56.6 Å². The third-order valence-corrected chi connectivity index (χ3v) is 3.74. The summed E-state index contributed by atoms with van der Waals surface area (Å²) in [4.78, 5) is 0. The van der Waals surface area contributed by atoms with E-state index < -0.39 is 12.9 Å². The smallest absolute Gasteiger partial charge is 0.423 e. The highest BCUT2D eigenvalue weighted by molar-refractivity contribution is 14.1. The maximum absolute atomic E-state index is 13.3. The lowest BCUT2D eigenvalue weighted by Gasteiger charge is -2.00. The Hall–Kier alpha value is -0.175. The van der Waals surface area contributed by atoms with Crippen LogP contribution >= 0.6 is 33.9 Å². The Morgan fingerprint density at radius 2 is 2.00 bits per heavy atom. The Labute approximate surface area is 97.7 Å². The first kappa shape index (κ1) is 10.3. The number of halogens is 2. The standard InChI is InChI=1S/C8H5BFIO2S/c10-6-3-7-4(2-8(11)14-7)1-5(6)9(12)13/h1-3,12-13H. The zero-order chi connectivity index (χ0) is 10.3. The Morgan fingerprint density at radius 1 is 1.29 bits per heavy atom. The lowest BCUT2D eigenvalue weighted by atomic mass is 9.79. The second kappa shape index (κ2) is 3.76. The first-order valence-corrected chi connectivity index (χ1v) is 5.72. The van der Waals surface area contributed by atoms with E-state index in [0.717, 1.165) is 13.0 Å². The van der Waals surface area contributed by atoms with Crippen LogP contribution in [0.1, 0.15) is 0 Å². The molecule has 0 aliphatic carbocycles. The largest absolute Gasteiger partial charge is 0.491 e. The van der Waals surface area contributed by atoms with Crippen LogP contribution in [0.15, 0.2) is 18.2 Å². The van der Waals surface area contributed by atoms with Crippen molar-refractivity contribution in [3.63, 3.8) is 0 Å². The molecule has 0 radical (unpaired) electrons. The van der Waals surface area contributed by atoms with Crippen LogP contribution in [0.5, 0.6) is 0 Å². The lowest BCUT2D eigenvalue weighted by Crippen LogP contribution is -2.32. The fourth-order valence-electron chi connectivity index (χ4n) is 1.25. The van der Waals surface area contributed by atoms with Gasteiger partial charge in [-0.05, 0) is 40.1 Å². The van der Waals surface area contributed by atoms with Gasteiger partial charge in [-0.3, -0.25) is 0 Å². The average Bonchev–Trinajstić information content (AvgIpc) is 2.42. The molecule has 6 heteroatoms. The van der Waals surface area contributed by atoms with E-state index in [0.29, 0.717) is 0 Å². The molecule has 0 spiro atoms. The first-order valence-electron chi connectivity index (χ1n) is 3.82. The van der Waals surface area contributed by atoms with Gasteiger partial charge in [-0.2, -0.15) is 0 Å². The van der Waals surface area contributed by atoms with Crippen LogP contribution < -0.4 is 5.46 Å². The molecule has 0 fully saturated rings. The molecule has 1 aromatic heterocycles. The third kappa shape index (κ3) is 1.79. The molecule has 0 bridgehead atoms. The van der Waals surface area contributed by atoms with Crippen LogP contribution in [-0.4, -0.2) is 17.2 Å². The van der Waals surface area contributed by atoms with E-state index in [-0.39, 0.29) is 5.46 Å². The maximum atomic E-state index is 13.3. The van der Waals surface area contributed by atoms with Gasteiger partial charge in [0.2, 0.25) is 0 Å². The molecule has 14 heavy (non-hydrogen) atoms. The van der Waals surface area contributed by atoms with Crippen molar-refractivity contribution in [3.05, 3.63) is 26.9 Å². The van der Waals surface area contributed by atoms with Crippen molar-refractivity contribution in [2.45, 2.75) is 0 Å². The molecule has 0 aliphatic rings. The zero-order valence-electron chi connectivity index (χ0n) is 6.87. The van der Waals surface area contributed by atoms with Crippen LogP contribution in [0.25, 0.3) is 10.1 Å². The summed E-state index contributed by atoms with van der Waals surface area (Å²) in [7, 11) is -1.75. The molecule has 0 aliphatic heterocycles. The van der Waals surface area contributed by atoms with Gasteiger partial charge < -0.3 is 10.0 Å². The summed E-state index contributed by atoms with van der Waals surface area (Å²) in [5.74, 6) is -0.578. The number of hydrogen-bond acceptors (Lipinski definition) is 3. The molecular weight excluding hydrogens is 317 g/mol. The normalized spacial score (nSPS) is 10.9. The molecule has 0 saturated carbocycles. The summed E-state index contributed by atoms with van der Waals surface area (Å²) in [5, 5.41) is 18.6. The summed E-state index contributed by atoms with van der Waals surface area (Å²) >= 11 is 3.61. The van der Waals surface area contributed by atoms with E-state index in [2.05, 4.69) is 22.6 Å². The quantitative estimate of drug-likeness (QED) is 0.614. The summed E-state index contributed by atoms with van der Waals surface area (Å²) in [6, 6.07) is 4.68. The van der Waals surface area contributed by atoms with E-state index in [4.69, 9.17) is 10.0 Å². The fourth-order valence-corrected chi connectivity index (χ4v) is 3.09. The summed E-state index contributed by atoms with van der Waals surface area (Å²) in [6.07, 6.45) is 0. The molecule has 0 saturated heterocycles. The molecule has 72 valence electrons. The molecular formula is C8H5BFIO2S. The van der Waals surface area contributed by atoms with E-state index in [1.165, 1.54) is 23.5 Å². The van der Waals surface area contributed by atoms with Crippen molar-refractivity contribution in [2.75, 3.05) is 0 Å². The van der Waals surface area contributed by atoms with E-state index in [9.17, 15) is 4.39 Å². The van der Waals surface area contributed by atoms with Crippen molar-refractivity contribution in [1.29, 1.82) is 0 Å². The second-order valence-electron chi connectivity index (χ2n) is 2.84.